The third kappa shape index (κ3) is 4.51. The van der Waals surface area contributed by atoms with E-state index < -0.39 is 0 Å². The van der Waals surface area contributed by atoms with E-state index in [9.17, 15) is 4.79 Å². The van der Waals surface area contributed by atoms with E-state index in [0.29, 0.717) is 19.1 Å². The lowest BCUT2D eigenvalue weighted by Crippen LogP contribution is -2.47. The summed E-state index contributed by atoms with van der Waals surface area (Å²) < 4.78 is 6.67. The lowest BCUT2D eigenvalue weighted by molar-refractivity contribution is -0.132. The van der Waals surface area contributed by atoms with Gasteiger partial charge in [-0.3, -0.25) is 4.79 Å². The number of benzene rings is 1. The molecule has 0 saturated carbocycles. The average Bonchev–Trinajstić information content (AvgIpc) is 2.39. The van der Waals surface area contributed by atoms with Gasteiger partial charge in [0, 0.05) is 37.1 Å². The van der Waals surface area contributed by atoms with E-state index in [2.05, 4.69) is 21.2 Å². The van der Waals surface area contributed by atoms with Gasteiger partial charge in [0.25, 0.3) is 0 Å². The van der Waals surface area contributed by atoms with Gasteiger partial charge < -0.3 is 15.0 Å². The van der Waals surface area contributed by atoms with Crippen LogP contribution in [0.15, 0.2) is 28.7 Å². The van der Waals surface area contributed by atoms with Gasteiger partial charge in [0.05, 0.1) is 0 Å². The van der Waals surface area contributed by atoms with E-state index in [1.165, 1.54) is 0 Å². The van der Waals surface area contributed by atoms with Crippen LogP contribution in [-0.2, 0) is 4.79 Å². The minimum absolute atomic E-state index is 0.239. The third-order valence-electron chi connectivity index (χ3n) is 3.23. The van der Waals surface area contributed by atoms with Gasteiger partial charge in [-0.05, 0) is 24.6 Å². The van der Waals surface area contributed by atoms with Gasteiger partial charge in [-0.2, -0.15) is 0 Å². The third-order valence-corrected chi connectivity index (χ3v) is 3.72. The molecule has 5 heteroatoms. The van der Waals surface area contributed by atoms with Crippen LogP contribution < -0.4 is 10.1 Å². The van der Waals surface area contributed by atoms with Crippen LogP contribution in [-0.4, -0.2) is 43.6 Å². The van der Waals surface area contributed by atoms with Crippen molar-refractivity contribution in [1.29, 1.82) is 0 Å². The highest BCUT2D eigenvalue weighted by Gasteiger charge is 2.21. The summed E-state index contributed by atoms with van der Waals surface area (Å²) >= 11 is 3.41. The van der Waals surface area contributed by atoms with Gasteiger partial charge in [-0.25, -0.2) is 0 Å². The molecule has 0 bridgehead atoms. The normalized spacial score (nSPS) is 19.6. The number of nitrogens with zero attached hydrogens (tertiary/aromatic N) is 1. The Bertz CT molecular complexity index is 439. The number of carbonyl (C=O) groups is 1. The Morgan fingerprint density at radius 2 is 2.37 bits per heavy atom. The molecule has 1 aliphatic heterocycles. The number of halogens is 1. The lowest BCUT2D eigenvalue weighted by Gasteiger charge is -2.30. The fourth-order valence-corrected chi connectivity index (χ4v) is 2.55. The van der Waals surface area contributed by atoms with Gasteiger partial charge in [-0.1, -0.05) is 22.0 Å². The summed E-state index contributed by atoms with van der Waals surface area (Å²) in [5.41, 5.74) is 0. The van der Waals surface area contributed by atoms with E-state index >= 15 is 0 Å². The first kappa shape index (κ1) is 14.3. The fraction of sp³-hybridized carbons (Fsp3) is 0.500. The fourth-order valence-electron chi connectivity index (χ4n) is 2.17. The molecule has 1 atom stereocenters. The Labute approximate surface area is 122 Å². The molecule has 0 radical (unpaired) electrons. The highest BCUT2D eigenvalue weighted by atomic mass is 79.9. The Kier molecular flexibility index (Phi) is 5.22. The summed E-state index contributed by atoms with van der Waals surface area (Å²) in [4.78, 5) is 13.1. The van der Waals surface area contributed by atoms with Gasteiger partial charge >= 0.3 is 0 Å². The number of likely N-dealkylation sites (N-methyl/N-ethyl adjacent to an activating group) is 1. The Morgan fingerprint density at radius 1 is 1.53 bits per heavy atom. The van der Waals surface area contributed by atoms with E-state index in [1.54, 1.807) is 4.90 Å². The van der Waals surface area contributed by atoms with Crippen molar-refractivity contribution in [3.63, 3.8) is 0 Å². The molecule has 1 aliphatic rings. The van der Waals surface area contributed by atoms with E-state index in [0.717, 1.165) is 29.7 Å². The predicted octanol–water partition coefficient (Wildman–Crippen LogP) is 2.04. The number of hydrogen-bond acceptors (Lipinski definition) is 3. The lowest BCUT2D eigenvalue weighted by atomic mass is 10.1. The molecule has 1 unspecified atom stereocenters. The van der Waals surface area contributed by atoms with Crippen molar-refractivity contribution in [3.8, 4) is 5.75 Å². The molecular formula is C14H19BrN2O2. The second-order valence-electron chi connectivity index (χ2n) is 4.77. The summed E-state index contributed by atoms with van der Waals surface area (Å²) in [5.74, 6) is 1.11. The Hall–Kier alpha value is -1.07. The Morgan fingerprint density at radius 3 is 3.11 bits per heavy atom. The minimum Gasteiger partial charge on any atom is -0.492 e. The van der Waals surface area contributed by atoms with Crippen LogP contribution in [0.5, 0.6) is 5.75 Å². The van der Waals surface area contributed by atoms with Crippen molar-refractivity contribution < 1.29 is 9.53 Å². The summed E-state index contributed by atoms with van der Waals surface area (Å²) in [6, 6.07) is 8.20. The number of carbonyl (C=O) groups excluding carboxylic acids is 1. The predicted molar refractivity (Wildman–Crippen MR) is 78.3 cm³/mol. The number of amides is 1. The summed E-state index contributed by atoms with van der Waals surface area (Å²) in [5, 5.41) is 3.43. The van der Waals surface area contributed by atoms with Crippen molar-refractivity contribution in [3.05, 3.63) is 28.7 Å². The summed E-state index contributed by atoms with van der Waals surface area (Å²) in [6.07, 6.45) is 1.56. The summed E-state index contributed by atoms with van der Waals surface area (Å²) in [7, 11) is 1.86. The quantitative estimate of drug-likeness (QED) is 0.842. The SMILES string of the molecule is CN1CC(NCCOc2cccc(Br)c2)CCC1=O. The number of rotatable bonds is 5. The van der Waals surface area contributed by atoms with Crippen LogP contribution in [0.25, 0.3) is 0 Å². The van der Waals surface area contributed by atoms with Crippen molar-refractivity contribution in [1.82, 2.24) is 10.2 Å². The van der Waals surface area contributed by atoms with Gasteiger partial charge in [-0.15, -0.1) is 0 Å². The second-order valence-corrected chi connectivity index (χ2v) is 5.69. The molecule has 1 amide bonds. The molecule has 1 N–H and O–H groups in total. The highest BCUT2D eigenvalue weighted by Crippen LogP contribution is 2.17. The van der Waals surface area contributed by atoms with Crippen molar-refractivity contribution in [2.75, 3.05) is 26.7 Å². The van der Waals surface area contributed by atoms with E-state index in [-0.39, 0.29) is 5.91 Å². The first-order valence-electron chi connectivity index (χ1n) is 6.51. The monoisotopic (exact) mass is 326 g/mol. The largest absolute Gasteiger partial charge is 0.492 e. The maximum atomic E-state index is 11.4. The minimum atomic E-state index is 0.239. The zero-order chi connectivity index (χ0) is 13.7. The molecule has 4 nitrogen and oxygen atoms in total. The second kappa shape index (κ2) is 6.91. The molecule has 2 rings (SSSR count). The van der Waals surface area contributed by atoms with Crippen molar-refractivity contribution >= 4 is 21.8 Å². The number of nitrogens with one attached hydrogen (secondary N) is 1. The molecule has 19 heavy (non-hydrogen) atoms. The zero-order valence-corrected chi connectivity index (χ0v) is 12.6. The van der Waals surface area contributed by atoms with Crippen LogP contribution in [0, 0.1) is 0 Å². The molecule has 0 spiro atoms. The maximum Gasteiger partial charge on any atom is 0.222 e. The molecule has 104 valence electrons. The first-order chi connectivity index (χ1) is 9.15. The maximum absolute atomic E-state index is 11.4. The van der Waals surface area contributed by atoms with E-state index in [4.69, 9.17) is 4.74 Å². The Balaban J connectivity index is 1.66. The number of hydrogen-bond donors (Lipinski definition) is 1. The topological polar surface area (TPSA) is 41.6 Å². The van der Waals surface area contributed by atoms with Crippen LogP contribution in [0.4, 0.5) is 0 Å². The van der Waals surface area contributed by atoms with Gasteiger partial charge in [0.15, 0.2) is 0 Å². The molecule has 1 fully saturated rings. The number of ether oxygens (including phenoxy) is 1. The number of piperidine rings is 1. The molecule has 0 aliphatic carbocycles. The molecule has 1 aromatic carbocycles. The molecule has 0 aromatic heterocycles. The molecule has 1 heterocycles. The first-order valence-corrected chi connectivity index (χ1v) is 7.30. The van der Waals surface area contributed by atoms with Crippen LogP contribution in [0.1, 0.15) is 12.8 Å². The highest BCUT2D eigenvalue weighted by molar-refractivity contribution is 9.10. The van der Waals surface area contributed by atoms with Crippen molar-refractivity contribution in [2.24, 2.45) is 0 Å². The summed E-state index contributed by atoms with van der Waals surface area (Å²) in [6.45, 7) is 2.21. The van der Waals surface area contributed by atoms with Gasteiger partial charge in [0.1, 0.15) is 12.4 Å². The van der Waals surface area contributed by atoms with Crippen LogP contribution in [0.3, 0.4) is 0 Å². The molecule has 1 aromatic rings. The van der Waals surface area contributed by atoms with Crippen molar-refractivity contribution in [2.45, 2.75) is 18.9 Å². The molecule has 1 saturated heterocycles. The van der Waals surface area contributed by atoms with Crippen LogP contribution >= 0.6 is 15.9 Å². The molecular weight excluding hydrogens is 308 g/mol. The van der Waals surface area contributed by atoms with E-state index in [1.807, 2.05) is 31.3 Å². The van der Waals surface area contributed by atoms with Gasteiger partial charge in [0.2, 0.25) is 5.91 Å². The van der Waals surface area contributed by atoms with Crippen LogP contribution in [0.2, 0.25) is 0 Å². The standard InChI is InChI=1S/C14H19BrN2O2/c1-17-10-12(5-6-14(17)18)16-7-8-19-13-4-2-3-11(15)9-13/h2-4,9,12,16H,5-8,10H2,1H3. The zero-order valence-electron chi connectivity index (χ0n) is 11.1. The number of likely N-dealkylation sites (tertiary alicyclic amines) is 1. The average molecular weight is 327 g/mol. The smallest absolute Gasteiger partial charge is 0.222 e.